The van der Waals surface area contributed by atoms with Gasteiger partial charge in [-0.25, -0.2) is 4.68 Å². The summed E-state index contributed by atoms with van der Waals surface area (Å²) in [5, 5.41) is 7.31. The second-order valence-corrected chi connectivity index (χ2v) is 7.72. The van der Waals surface area contributed by atoms with Gasteiger partial charge in [0.1, 0.15) is 5.82 Å². The molecule has 1 amide bonds. The van der Waals surface area contributed by atoms with E-state index >= 15 is 0 Å². The van der Waals surface area contributed by atoms with Gasteiger partial charge in [-0.3, -0.25) is 14.6 Å². The molecule has 1 aliphatic rings. The third kappa shape index (κ3) is 4.96. The fraction of sp³-hybridized carbons (Fsp3) is 0.524. The topological polar surface area (TPSA) is 53.4 Å². The molecule has 6 nitrogen and oxygen atoms in total. The highest BCUT2D eigenvalue weighted by Crippen LogP contribution is 2.16. The van der Waals surface area contributed by atoms with Crippen LogP contribution in [-0.2, 0) is 11.3 Å². The van der Waals surface area contributed by atoms with E-state index in [1.807, 2.05) is 17.7 Å². The standard InChI is InChI=1S/C21H31N5O/c1-16(2)26-20(8-9-22-26)23-21(27)18(4)25-12-10-24(11-13-25)15-19-7-5-6-17(3)14-19/h5-9,14,16,18H,10-13,15H2,1-4H3,(H,23,27)/t18-/m1/s1. The molecule has 1 N–H and O–H groups in total. The van der Waals surface area contributed by atoms with E-state index in [2.05, 4.69) is 65.3 Å². The Balaban J connectivity index is 1.51. The van der Waals surface area contributed by atoms with Gasteiger partial charge in [0.05, 0.1) is 12.2 Å². The number of hydrogen-bond donors (Lipinski definition) is 1. The summed E-state index contributed by atoms with van der Waals surface area (Å²) < 4.78 is 1.84. The summed E-state index contributed by atoms with van der Waals surface area (Å²) in [5.41, 5.74) is 2.66. The number of nitrogens with zero attached hydrogens (tertiary/aromatic N) is 4. The average molecular weight is 370 g/mol. The molecule has 146 valence electrons. The van der Waals surface area contributed by atoms with Crippen molar-refractivity contribution >= 4 is 11.7 Å². The first-order valence-electron chi connectivity index (χ1n) is 9.80. The van der Waals surface area contributed by atoms with E-state index in [1.54, 1.807) is 6.20 Å². The Morgan fingerprint density at radius 2 is 1.89 bits per heavy atom. The van der Waals surface area contributed by atoms with Gasteiger partial charge in [0.15, 0.2) is 0 Å². The van der Waals surface area contributed by atoms with Crippen LogP contribution >= 0.6 is 0 Å². The predicted octanol–water partition coefficient (Wildman–Crippen LogP) is 2.92. The molecule has 1 aliphatic heterocycles. The highest BCUT2D eigenvalue weighted by atomic mass is 16.2. The first kappa shape index (κ1) is 19.6. The van der Waals surface area contributed by atoms with Gasteiger partial charge in [-0.1, -0.05) is 29.8 Å². The number of hydrogen-bond acceptors (Lipinski definition) is 4. The molecule has 1 saturated heterocycles. The van der Waals surface area contributed by atoms with Crippen molar-refractivity contribution in [2.24, 2.45) is 0 Å². The van der Waals surface area contributed by atoms with Crippen LogP contribution in [0.25, 0.3) is 0 Å². The first-order valence-corrected chi connectivity index (χ1v) is 9.80. The van der Waals surface area contributed by atoms with E-state index in [9.17, 15) is 4.79 Å². The zero-order chi connectivity index (χ0) is 19.4. The number of carbonyl (C=O) groups excluding carboxylic acids is 1. The Kier molecular flexibility index (Phi) is 6.29. The smallest absolute Gasteiger partial charge is 0.242 e. The molecule has 1 fully saturated rings. The summed E-state index contributed by atoms with van der Waals surface area (Å²) in [4.78, 5) is 17.4. The number of rotatable bonds is 6. The van der Waals surface area contributed by atoms with Crippen molar-refractivity contribution in [3.8, 4) is 0 Å². The molecule has 1 aromatic carbocycles. The Labute approximate surface area is 162 Å². The lowest BCUT2D eigenvalue weighted by atomic mass is 10.1. The van der Waals surface area contributed by atoms with E-state index < -0.39 is 0 Å². The number of carbonyl (C=O) groups is 1. The van der Waals surface area contributed by atoms with Crippen LogP contribution in [0.1, 0.15) is 37.9 Å². The summed E-state index contributed by atoms with van der Waals surface area (Å²) in [6, 6.07) is 10.6. The fourth-order valence-corrected chi connectivity index (χ4v) is 3.60. The number of piperazine rings is 1. The van der Waals surface area contributed by atoms with Gasteiger partial charge in [0.25, 0.3) is 0 Å². The lowest BCUT2D eigenvalue weighted by Gasteiger charge is -2.37. The molecule has 1 atom stereocenters. The molecule has 0 bridgehead atoms. The van der Waals surface area contributed by atoms with Gasteiger partial charge in [0.2, 0.25) is 5.91 Å². The lowest BCUT2D eigenvalue weighted by molar-refractivity contribution is -0.121. The SMILES string of the molecule is Cc1cccc(CN2CCN([C@H](C)C(=O)Nc3ccnn3C(C)C)CC2)c1. The van der Waals surface area contributed by atoms with Crippen molar-refractivity contribution in [3.05, 3.63) is 47.7 Å². The molecule has 1 aromatic heterocycles. The van der Waals surface area contributed by atoms with Crippen molar-refractivity contribution < 1.29 is 4.79 Å². The van der Waals surface area contributed by atoms with Crippen LogP contribution in [0.3, 0.4) is 0 Å². The number of benzene rings is 1. The van der Waals surface area contributed by atoms with Crippen LogP contribution in [0.4, 0.5) is 5.82 Å². The van der Waals surface area contributed by atoms with E-state index in [4.69, 9.17) is 0 Å². The first-order chi connectivity index (χ1) is 12.9. The highest BCUT2D eigenvalue weighted by molar-refractivity contribution is 5.93. The average Bonchev–Trinajstić information content (AvgIpc) is 3.10. The predicted molar refractivity (Wildman–Crippen MR) is 109 cm³/mol. The van der Waals surface area contributed by atoms with Gasteiger partial charge in [-0.15, -0.1) is 0 Å². The summed E-state index contributed by atoms with van der Waals surface area (Å²) in [6.45, 7) is 13.0. The normalized spacial score (nSPS) is 17.2. The lowest BCUT2D eigenvalue weighted by Crippen LogP contribution is -2.52. The van der Waals surface area contributed by atoms with Crippen molar-refractivity contribution in [2.75, 3.05) is 31.5 Å². The third-order valence-corrected chi connectivity index (χ3v) is 5.23. The van der Waals surface area contributed by atoms with Crippen molar-refractivity contribution in [1.29, 1.82) is 0 Å². The highest BCUT2D eigenvalue weighted by Gasteiger charge is 2.26. The number of aromatic nitrogens is 2. The van der Waals surface area contributed by atoms with Crippen LogP contribution in [0.5, 0.6) is 0 Å². The molecule has 0 spiro atoms. The second-order valence-electron chi connectivity index (χ2n) is 7.72. The summed E-state index contributed by atoms with van der Waals surface area (Å²) in [7, 11) is 0. The van der Waals surface area contributed by atoms with Crippen molar-refractivity contribution in [3.63, 3.8) is 0 Å². The Morgan fingerprint density at radius 1 is 1.15 bits per heavy atom. The quantitative estimate of drug-likeness (QED) is 0.851. The van der Waals surface area contributed by atoms with Crippen LogP contribution in [0, 0.1) is 6.92 Å². The Morgan fingerprint density at radius 3 is 2.56 bits per heavy atom. The summed E-state index contributed by atoms with van der Waals surface area (Å²) in [6.07, 6.45) is 1.73. The van der Waals surface area contributed by atoms with Crippen LogP contribution in [0.15, 0.2) is 36.5 Å². The molecule has 0 aliphatic carbocycles. The largest absolute Gasteiger partial charge is 0.310 e. The number of amides is 1. The number of anilines is 1. The van der Waals surface area contributed by atoms with Gasteiger partial charge < -0.3 is 5.32 Å². The maximum absolute atomic E-state index is 12.7. The van der Waals surface area contributed by atoms with Gasteiger partial charge in [0, 0.05) is 44.8 Å². The Hall–Kier alpha value is -2.18. The van der Waals surface area contributed by atoms with Gasteiger partial charge in [-0.2, -0.15) is 5.10 Å². The number of aryl methyl sites for hydroxylation is 1. The molecular weight excluding hydrogens is 338 g/mol. The Bertz CT molecular complexity index is 761. The maximum atomic E-state index is 12.7. The third-order valence-electron chi connectivity index (χ3n) is 5.23. The zero-order valence-electron chi connectivity index (χ0n) is 16.9. The summed E-state index contributed by atoms with van der Waals surface area (Å²) in [5.74, 6) is 0.796. The molecular formula is C21H31N5O. The molecule has 0 unspecified atom stereocenters. The molecule has 27 heavy (non-hydrogen) atoms. The maximum Gasteiger partial charge on any atom is 0.242 e. The zero-order valence-corrected chi connectivity index (χ0v) is 16.9. The van der Waals surface area contributed by atoms with Crippen LogP contribution in [0.2, 0.25) is 0 Å². The van der Waals surface area contributed by atoms with E-state index in [-0.39, 0.29) is 18.0 Å². The van der Waals surface area contributed by atoms with E-state index in [1.165, 1.54) is 11.1 Å². The van der Waals surface area contributed by atoms with E-state index in [0.717, 1.165) is 38.5 Å². The van der Waals surface area contributed by atoms with Crippen LogP contribution < -0.4 is 5.32 Å². The fourth-order valence-electron chi connectivity index (χ4n) is 3.60. The minimum atomic E-state index is -0.151. The van der Waals surface area contributed by atoms with Crippen LogP contribution in [-0.4, -0.2) is 57.7 Å². The monoisotopic (exact) mass is 369 g/mol. The molecule has 3 rings (SSSR count). The van der Waals surface area contributed by atoms with Crippen molar-refractivity contribution in [2.45, 2.75) is 46.3 Å². The van der Waals surface area contributed by atoms with E-state index in [0.29, 0.717) is 0 Å². The molecule has 2 aromatic rings. The van der Waals surface area contributed by atoms with Gasteiger partial charge in [-0.05, 0) is 33.3 Å². The minimum Gasteiger partial charge on any atom is -0.310 e. The molecule has 0 radical (unpaired) electrons. The molecule has 6 heteroatoms. The minimum absolute atomic E-state index is 0.0320. The van der Waals surface area contributed by atoms with Gasteiger partial charge >= 0.3 is 0 Å². The molecule has 0 saturated carbocycles. The summed E-state index contributed by atoms with van der Waals surface area (Å²) >= 11 is 0. The second kappa shape index (κ2) is 8.67. The van der Waals surface area contributed by atoms with Crippen molar-refractivity contribution in [1.82, 2.24) is 19.6 Å². The molecule has 2 heterocycles. The number of nitrogens with one attached hydrogen (secondary N) is 1.